The number of aliphatic hydroxyl groups excluding tert-OH is 1. The van der Waals surface area contributed by atoms with E-state index in [1.54, 1.807) is 11.8 Å². The van der Waals surface area contributed by atoms with Crippen LogP contribution in [0.25, 0.3) is 0 Å². The highest BCUT2D eigenvalue weighted by Gasteiger charge is 2.22. The van der Waals surface area contributed by atoms with Gasteiger partial charge in [-0.3, -0.25) is 0 Å². The quantitative estimate of drug-likeness (QED) is 0.325. The monoisotopic (exact) mass is 460 g/mol. The normalized spacial score (nSPS) is 13.5. The van der Waals surface area contributed by atoms with Crippen LogP contribution < -0.4 is 10.6 Å². The van der Waals surface area contributed by atoms with Crippen LogP contribution >= 0.6 is 11.8 Å². The minimum absolute atomic E-state index is 0. The molecular weight excluding hydrogens is 420 g/mol. The molecule has 0 saturated heterocycles. The third kappa shape index (κ3) is 11.0. The average Bonchev–Trinajstić information content (AvgIpc) is 2.81. The largest absolute Gasteiger partial charge is 0.445 e. The van der Waals surface area contributed by atoms with E-state index in [4.69, 9.17) is 4.74 Å². The molecule has 1 amide bonds. The van der Waals surface area contributed by atoms with E-state index in [1.807, 2.05) is 60.7 Å². The predicted octanol–water partition coefficient (Wildman–Crippen LogP) is 5.49. The zero-order valence-electron chi connectivity index (χ0n) is 18.6. The zero-order valence-corrected chi connectivity index (χ0v) is 19.4. The Morgan fingerprint density at radius 3 is 2.31 bits per heavy atom. The second kappa shape index (κ2) is 16.6. The number of hydrogen-bond acceptors (Lipinski definition) is 5. The van der Waals surface area contributed by atoms with Crippen molar-refractivity contribution in [3.8, 4) is 0 Å². The van der Waals surface area contributed by atoms with Crippen LogP contribution in [-0.4, -0.2) is 42.2 Å². The average molecular weight is 461 g/mol. The van der Waals surface area contributed by atoms with Crippen molar-refractivity contribution in [2.45, 2.75) is 64.2 Å². The Bertz CT molecular complexity index is 730. The maximum absolute atomic E-state index is 12.4. The molecule has 2 aromatic rings. The third-order valence-electron chi connectivity index (χ3n) is 5.21. The molecule has 0 heterocycles. The molecule has 6 heteroatoms. The van der Waals surface area contributed by atoms with Crippen LogP contribution in [0.15, 0.2) is 65.6 Å². The number of carbonyl (C=O) groups excluding carboxylic acids is 1. The summed E-state index contributed by atoms with van der Waals surface area (Å²) in [5, 5.41) is 17.0. The highest BCUT2D eigenvalue weighted by Crippen LogP contribution is 2.19. The Hall–Kier alpha value is -2.02. The van der Waals surface area contributed by atoms with Crippen molar-refractivity contribution in [3.63, 3.8) is 0 Å². The first-order valence-electron chi connectivity index (χ1n) is 11.2. The Balaban J connectivity index is 0.00000512. The van der Waals surface area contributed by atoms with Gasteiger partial charge >= 0.3 is 6.09 Å². The molecule has 0 aliphatic heterocycles. The number of aliphatic hydroxyl groups is 1. The SMILES string of the molecule is C.CCCC(CC)CNCC(O)C(CSc1ccccc1)NC(=O)OCc1ccccc1. The van der Waals surface area contributed by atoms with E-state index >= 15 is 0 Å². The van der Waals surface area contributed by atoms with E-state index < -0.39 is 18.2 Å². The predicted molar refractivity (Wildman–Crippen MR) is 135 cm³/mol. The van der Waals surface area contributed by atoms with Gasteiger partial charge in [0.25, 0.3) is 0 Å². The summed E-state index contributed by atoms with van der Waals surface area (Å²) in [5.74, 6) is 1.16. The molecule has 5 nitrogen and oxygen atoms in total. The fraction of sp³-hybridized carbons (Fsp3) is 0.500. The van der Waals surface area contributed by atoms with Gasteiger partial charge in [-0.2, -0.15) is 0 Å². The molecule has 0 spiro atoms. The lowest BCUT2D eigenvalue weighted by Gasteiger charge is -2.25. The molecule has 0 aliphatic carbocycles. The van der Waals surface area contributed by atoms with Crippen molar-refractivity contribution in [2.75, 3.05) is 18.8 Å². The van der Waals surface area contributed by atoms with Gasteiger partial charge in [0.1, 0.15) is 6.61 Å². The van der Waals surface area contributed by atoms with Crippen LogP contribution in [0, 0.1) is 5.92 Å². The lowest BCUT2D eigenvalue weighted by Crippen LogP contribution is -2.49. The fourth-order valence-corrected chi connectivity index (χ4v) is 4.33. The van der Waals surface area contributed by atoms with Crippen LogP contribution in [-0.2, 0) is 11.3 Å². The molecule has 0 bridgehead atoms. The van der Waals surface area contributed by atoms with Gasteiger partial charge in [-0.25, -0.2) is 4.79 Å². The Morgan fingerprint density at radius 2 is 1.69 bits per heavy atom. The Morgan fingerprint density at radius 1 is 1.03 bits per heavy atom. The molecule has 0 fully saturated rings. The van der Waals surface area contributed by atoms with Crippen LogP contribution in [0.2, 0.25) is 0 Å². The van der Waals surface area contributed by atoms with Gasteiger partial charge in [0.05, 0.1) is 12.1 Å². The molecule has 0 aromatic heterocycles. The second-order valence-corrected chi connectivity index (χ2v) is 8.82. The molecule has 178 valence electrons. The van der Waals surface area contributed by atoms with Crippen LogP contribution in [0.4, 0.5) is 4.79 Å². The van der Waals surface area contributed by atoms with E-state index in [2.05, 4.69) is 24.5 Å². The third-order valence-corrected chi connectivity index (χ3v) is 6.35. The van der Waals surface area contributed by atoms with Crippen LogP contribution in [0.3, 0.4) is 0 Å². The lowest BCUT2D eigenvalue weighted by atomic mass is 10.0. The minimum Gasteiger partial charge on any atom is -0.445 e. The second-order valence-electron chi connectivity index (χ2n) is 7.73. The molecule has 3 atom stereocenters. The first kappa shape index (κ1) is 28.0. The molecule has 0 saturated carbocycles. The molecule has 0 aliphatic rings. The summed E-state index contributed by atoms with van der Waals surface area (Å²) in [6, 6.07) is 19.1. The smallest absolute Gasteiger partial charge is 0.407 e. The van der Waals surface area contributed by atoms with Gasteiger partial charge in [-0.05, 0) is 36.6 Å². The number of amides is 1. The van der Waals surface area contributed by atoms with E-state index in [1.165, 1.54) is 6.42 Å². The van der Waals surface area contributed by atoms with Gasteiger partial charge in [-0.15, -0.1) is 11.8 Å². The molecule has 3 unspecified atom stereocenters. The van der Waals surface area contributed by atoms with Crippen molar-refractivity contribution in [1.29, 1.82) is 0 Å². The maximum atomic E-state index is 12.4. The maximum Gasteiger partial charge on any atom is 0.407 e. The number of hydrogen-bond donors (Lipinski definition) is 3. The highest BCUT2D eigenvalue weighted by atomic mass is 32.2. The number of benzene rings is 2. The van der Waals surface area contributed by atoms with Gasteiger partial charge in [0.15, 0.2) is 0 Å². The van der Waals surface area contributed by atoms with Crippen molar-refractivity contribution in [3.05, 3.63) is 66.2 Å². The molecule has 3 N–H and O–H groups in total. The number of nitrogens with one attached hydrogen (secondary N) is 2. The summed E-state index contributed by atoms with van der Waals surface area (Å²) >= 11 is 1.61. The summed E-state index contributed by atoms with van der Waals surface area (Å²) in [4.78, 5) is 13.5. The van der Waals surface area contributed by atoms with Crippen molar-refractivity contribution in [1.82, 2.24) is 10.6 Å². The topological polar surface area (TPSA) is 70.6 Å². The van der Waals surface area contributed by atoms with E-state index in [0.29, 0.717) is 18.2 Å². The molecule has 0 radical (unpaired) electrons. The Labute approximate surface area is 198 Å². The highest BCUT2D eigenvalue weighted by molar-refractivity contribution is 7.99. The molecule has 32 heavy (non-hydrogen) atoms. The number of rotatable bonds is 14. The van der Waals surface area contributed by atoms with E-state index in [-0.39, 0.29) is 14.0 Å². The first-order valence-corrected chi connectivity index (χ1v) is 12.1. The lowest BCUT2D eigenvalue weighted by molar-refractivity contribution is 0.106. The summed E-state index contributed by atoms with van der Waals surface area (Å²) in [7, 11) is 0. The summed E-state index contributed by atoms with van der Waals surface area (Å²) < 4.78 is 5.36. The standard InChI is InChI=1S/C25H36N2O3S.CH4/c1-3-11-20(4-2)16-26-17-24(28)23(19-31-22-14-9-6-10-15-22)27-25(29)30-18-21-12-7-5-8-13-21;/h5-10,12-15,20,23-24,26,28H,3-4,11,16-19H2,1-2H3,(H,27,29);1H4. The summed E-state index contributed by atoms with van der Waals surface area (Å²) in [5.41, 5.74) is 0.927. The Kier molecular flexibility index (Phi) is 14.5. The van der Waals surface area contributed by atoms with Gasteiger partial charge < -0.3 is 20.5 Å². The van der Waals surface area contributed by atoms with Crippen molar-refractivity contribution in [2.24, 2.45) is 5.92 Å². The number of ether oxygens (including phenoxy) is 1. The van der Waals surface area contributed by atoms with Crippen LogP contribution in [0.1, 0.15) is 46.1 Å². The fourth-order valence-electron chi connectivity index (χ4n) is 3.30. The van der Waals surface area contributed by atoms with E-state index in [9.17, 15) is 9.90 Å². The minimum atomic E-state index is -0.709. The summed E-state index contributed by atoms with van der Waals surface area (Å²) in [6.45, 7) is 5.90. The first-order chi connectivity index (χ1) is 15.1. The van der Waals surface area contributed by atoms with Crippen molar-refractivity contribution < 1.29 is 14.6 Å². The molecular formula is C26H40N2O3S. The van der Waals surface area contributed by atoms with Gasteiger partial charge in [0, 0.05) is 17.2 Å². The number of alkyl carbamates (subject to hydrolysis) is 1. The van der Waals surface area contributed by atoms with Crippen LogP contribution in [0.5, 0.6) is 0 Å². The molecule has 2 aromatic carbocycles. The van der Waals surface area contributed by atoms with Gasteiger partial charge in [-0.1, -0.05) is 82.6 Å². The zero-order chi connectivity index (χ0) is 22.3. The van der Waals surface area contributed by atoms with Crippen molar-refractivity contribution >= 4 is 17.9 Å². The number of thioether (sulfide) groups is 1. The number of carbonyl (C=O) groups is 1. The van der Waals surface area contributed by atoms with E-state index in [0.717, 1.165) is 29.8 Å². The molecule has 2 rings (SSSR count). The summed E-state index contributed by atoms with van der Waals surface area (Å²) in [6.07, 6.45) is 2.23. The van der Waals surface area contributed by atoms with Gasteiger partial charge in [0.2, 0.25) is 0 Å².